The molecule has 1 aliphatic rings. The molecule has 1 aliphatic carbocycles. The molecule has 0 aliphatic heterocycles. The Hall–Kier alpha value is -2.93. The molecule has 1 N–H and O–H groups in total. The molecule has 1 heterocycles. The molecular formula is C23H20ClF2NO4. The van der Waals surface area contributed by atoms with Crippen molar-refractivity contribution in [2.75, 3.05) is 0 Å². The molecule has 1 fully saturated rings. The van der Waals surface area contributed by atoms with E-state index < -0.39 is 29.3 Å². The SMILES string of the molecule is Cc1c(CC(=O)OC2CCCC2)c2cc(O)c(F)cc2n1C(=O)c1ccc(Cl)c(F)c1. The molecule has 1 saturated carbocycles. The number of hydrogen-bond acceptors (Lipinski definition) is 4. The fourth-order valence-corrected chi connectivity index (χ4v) is 4.23. The smallest absolute Gasteiger partial charge is 0.310 e. The van der Waals surface area contributed by atoms with Crippen LogP contribution in [-0.4, -0.2) is 27.7 Å². The van der Waals surface area contributed by atoms with Crippen molar-refractivity contribution in [3.8, 4) is 5.75 Å². The summed E-state index contributed by atoms with van der Waals surface area (Å²) in [6.45, 7) is 1.61. The van der Waals surface area contributed by atoms with Crippen LogP contribution in [0.25, 0.3) is 10.9 Å². The molecule has 0 spiro atoms. The maximum atomic E-state index is 14.1. The van der Waals surface area contributed by atoms with Crippen LogP contribution in [0.5, 0.6) is 5.75 Å². The van der Waals surface area contributed by atoms with Crippen molar-refractivity contribution in [3.05, 3.63) is 63.8 Å². The van der Waals surface area contributed by atoms with Crippen LogP contribution in [0.3, 0.4) is 0 Å². The van der Waals surface area contributed by atoms with E-state index in [9.17, 15) is 23.5 Å². The molecule has 0 saturated heterocycles. The van der Waals surface area contributed by atoms with Crippen LogP contribution in [-0.2, 0) is 16.0 Å². The largest absolute Gasteiger partial charge is 0.505 e. The van der Waals surface area contributed by atoms with E-state index in [0.29, 0.717) is 16.6 Å². The zero-order valence-corrected chi connectivity index (χ0v) is 17.5. The standard InChI is InChI=1S/C23H20ClF2NO4/c1-12-15(10-22(29)31-14-4-2-3-5-14)16-9-21(28)19(26)11-20(16)27(12)23(30)13-6-7-17(24)18(25)8-13/h6-9,11,14,28H,2-5,10H2,1H3. The van der Waals surface area contributed by atoms with Gasteiger partial charge < -0.3 is 9.84 Å². The molecule has 0 amide bonds. The summed E-state index contributed by atoms with van der Waals surface area (Å²) in [5.41, 5.74) is 0.993. The lowest BCUT2D eigenvalue weighted by atomic mass is 10.1. The molecule has 8 heteroatoms. The number of ether oxygens (including phenoxy) is 1. The number of phenols is 1. The van der Waals surface area contributed by atoms with E-state index in [2.05, 4.69) is 0 Å². The minimum Gasteiger partial charge on any atom is -0.505 e. The number of phenolic OH excluding ortho intramolecular Hbond substituents is 1. The molecule has 5 nitrogen and oxygen atoms in total. The Morgan fingerprint density at radius 3 is 2.55 bits per heavy atom. The Balaban J connectivity index is 1.78. The zero-order chi connectivity index (χ0) is 22.3. The third-order valence-corrected chi connectivity index (χ3v) is 6.00. The van der Waals surface area contributed by atoms with E-state index in [1.54, 1.807) is 6.92 Å². The van der Waals surface area contributed by atoms with Gasteiger partial charge in [-0.3, -0.25) is 14.2 Å². The van der Waals surface area contributed by atoms with Gasteiger partial charge in [0, 0.05) is 22.7 Å². The van der Waals surface area contributed by atoms with Crippen LogP contribution >= 0.6 is 11.6 Å². The number of fused-ring (bicyclic) bond motifs is 1. The highest BCUT2D eigenvalue weighted by Crippen LogP contribution is 2.33. The Kier molecular flexibility index (Phi) is 5.71. The van der Waals surface area contributed by atoms with Crippen molar-refractivity contribution < 1.29 is 28.2 Å². The van der Waals surface area contributed by atoms with Gasteiger partial charge in [-0.2, -0.15) is 0 Å². The minimum atomic E-state index is -0.915. The van der Waals surface area contributed by atoms with Crippen LogP contribution in [0.15, 0.2) is 30.3 Å². The van der Waals surface area contributed by atoms with Crippen LogP contribution < -0.4 is 0 Å². The average Bonchev–Trinajstić information content (AvgIpc) is 3.31. The molecule has 31 heavy (non-hydrogen) atoms. The van der Waals surface area contributed by atoms with Gasteiger partial charge in [-0.15, -0.1) is 0 Å². The first-order chi connectivity index (χ1) is 14.8. The highest BCUT2D eigenvalue weighted by Gasteiger charge is 2.25. The summed E-state index contributed by atoms with van der Waals surface area (Å²) in [7, 11) is 0. The van der Waals surface area contributed by atoms with Gasteiger partial charge in [0.05, 0.1) is 17.0 Å². The predicted octanol–water partition coefficient (Wildman–Crippen LogP) is 5.30. The monoisotopic (exact) mass is 447 g/mol. The fourth-order valence-electron chi connectivity index (χ4n) is 4.11. The van der Waals surface area contributed by atoms with Gasteiger partial charge in [0.1, 0.15) is 11.9 Å². The number of aromatic hydroxyl groups is 1. The Bertz CT molecular complexity index is 1200. The summed E-state index contributed by atoms with van der Waals surface area (Å²) in [6.07, 6.45) is 3.40. The minimum absolute atomic E-state index is 0.00969. The molecule has 1 aromatic heterocycles. The average molecular weight is 448 g/mol. The molecule has 162 valence electrons. The summed E-state index contributed by atoms with van der Waals surface area (Å²) in [5.74, 6) is -3.34. The Labute approximate surface area is 182 Å². The number of benzene rings is 2. The van der Waals surface area contributed by atoms with E-state index in [-0.39, 0.29) is 28.6 Å². The number of nitrogens with zero attached hydrogens (tertiary/aromatic N) is 1. The molecular weight excluding hydrogens is 428 g/mol. The van der Waals surface area contributed by atoms with Crippen molar-refractivity contribution in [2.45, 2.75) is 45.1 Å². The van der Waals surface area contributed by atoms with Gasteiger partial charge >= 0.3 is 5.97 Å². The number of aromatic nitrogens is 1. The first kappa shape index (κ1) is 21.3. The number of carbonyl (C=O) groups is 2. The van der Waals surface area contributed by atoms with Crippen LogP contribution in [0, 0.1) is 18.6 Å². The first-order valence-electron chi connectivity index (χ1n) is 9.98. The van der Waals surface area contributed by atoms with E-state index in [1.807, 2.05) is 0 Å². The molecule has 2 aromatic carbocycles. The van der Waals surface area contributed by atoms with Gasteiger partial charge in [0.15, 0.2) is 11.6 Å². The van der Waals surface area contributed by atoms with Gasteiger partial charge in [0.25, 0.3) is 5.91 Å². The maximum Gasteiger partial charge on any atom is 0.310 e. The van der Waals surface area contributed by atoms with Crippen molar-refractivity contribution in [3.63, 3.8) is 0 Å². The second kappa shape index (κ2) is 8.30. The van der Waals surface area contributed by atoms with Crippen LogP contribution in [0.4, 0.5) is 8.78 Å². The first-order valence-corrected chi connectivity index (χ1v) is 10.4. The van der Waals surface area contributed by atoms with Crippen molar-refractivity contribution in [2.24, 2.45) is 0 Å². The van der Waals surface area contributed by atoms with Gasteiger partial charge in [-0.1, -0.05) is 11.6 Å². The zero-order valence-electron chi connectivity index (χ0n) is 16.8. The highest BCUT2D eigenvalue weighted by atomic mass is 35.5. The van der Waals surface area contributed by atoms with E-state index in [0.717, 1.165) is 37.8 Å². The van der Waals surface area contributed by atoms with E-state index in [1.165, 1.54) is 22.8 Å². The second-order valence-electron chi connectivity index (χ2n) is 7.73. The maximum absolute atomic E-state index is 14.1. The number of halogens is 3. The quantitative estimate of drug-likeness (QED) is 0.551. The van der Waals surface area contributed by atoms with Crippen molar-refractivity contribution in [1.29, 1.82) is 0 Å². The number of hydrogen-bond donors (Lipinski definition) is 1. The second-order valence-corrected chi connectivity index (χ2v) is 8.13. The number of esters is 1. The van der Waals surface area contributed by atoms with Crippen LogP contribution in [0.1, 0.15) is 47.3 Å². The summed E-state index contributed by atoms with van der Waals surface area (Å²) >= 11 is 5.71. The normalized spacial score (nSPS) is 14.3. The number of rotatable bonds is 4. The van der Waals surface area contributed by atoms with Crippen molar-refractivity contribution >= 4 is 34.4 Å². The van der Waals surface area contributed by atoms with Crippen LogP contribution in [0.2, 0.25) is 5.02 Å². The predicted molar refractivity (Wildman–Crippen MR) is 111 cm³/mol. The summed E-state index contributed by atoms with van der Waals surface area (Å²) in [6, 6.07) is 5.83. The topological polar surface area (TPSA) is 68.5 Å². The number of carbonyl (C=O) groups excluding carboxylic acids is 2. The molecule has 0 atom stereocenters. The molecule has 0 bridgehead atoms. The summed E-state index contributed by atoms with van der Waals surface area (Å²) < 4.78 is 34.8. The lowest BCUT2D eigenvalue weighted by molar-refractivity contribution is -0.147. The lowest BCUT2D eigenvalue weighted by Gasteiger charge is -2.11. The van der Waals surface area contributed by atoms with E-state index in [4.69, 9.17) is 16.3 Å². The van der Waals surface area contributed by atoms with Gasteiger partial charge in [-0.05, 0) is 62.4 Å². The Morgan fingerprint density at radius 1 is 1.16 bits per heavy atom. The summed E-state index contributed by atoms with van der Waals surface area (Å²) in [5, 5.41) is 10.1. The fraction of sp³-hybridized carbons (Fsp3) is 0.304. The molecule has 0 unspecified atom stereocenters. The van der Waals surface area contributed by atoms with E-state index >= 15 is 0 Å². The third kappa shape index (κ3) is 4.02. The third-order valence-electron chi connectivity index (χ3n) is 5.69. The highest BCUT2D eigenvalue weighted by molar-refractivity contribution is 6.30. The summed E-state index contributed by atoms with van der Waals surface area (Å²) in [4.78, 5) is 25.7. The molecule has 4 rings (SSSR count). The lowest BCUT2D eigenvalue weighted by Crippen LogP contribution is -2.17. The molecule has 0 radical (unpaired) electrons. The molecule has 3 aromatic rings. The van der Waals surface area contributed by atoms with Crippen molar-refractivity contribution in [1.82, 2.24) is 4.57 Å². The Morgan fingerprint density at radius 2 is 1.87 bits per heavy atom. The van der Waals surface area contributed by atoms with Gasteiger partial charge in [0.2, 0.25) is 0 Å². The van der Waals surface area contributed by atoms with Gasteiger partial charge in [-0.25, -0.2) is 8.78 Å².